The molecule has 1 aromatic carbocycles. The minimum atomic E-state index is -0.0268. The summed E-state index contributed by atoms with van der Waals surface area (Å²) in [6.07, 6.45) is 0. The summed E-state index contributed by atoms with van der Waals surface area (Å²) in [5, 5.41) is 4.02. The van der Waals surface area contributed by atoms with Gasteiger partial charge in [0.2, 0.25) is 0 Å². The molecule has 2 heterocycles. The topological polar surface area (TPSA) is 54.5 Å². The highest BCUT2D eigenvalue weighted by atomic mass is 32.1. The lowest BCUT2D eigenvalue weighted by atomic mass is 10.0. The Kier molecular flexibility index (Phi) is 6.40. The summed E-state index contributed by atoms with van der Waals surface area (Å²) in [6, 6.07) is 10.3. The van der Waals surface area contributed by atoms with E-state index in [-0.39, 0.29) is 5.91 Å². The first-order chi connectivity index (χ1) is 12.6. The predicted octanol–water partition coefficient (Wildman–Crippen LogP) is 3.21. The van der Waals surface area contributed by atoms with Crippen molar-refractivity contribution < 1.29 is 9.53 Å². The Morgan fingerprint density at radius 3 is 2.62 bits per heavy atom. The number of hydrogen-bond donors (Lipinski definition) is 1. The average Bonchev–Trinajstić information content (AvgIpc) is 3.05. The SMILES string of the molecule is Cc1nc(-c2ccccc2)sc1C(=O)NC[C@@H](C(C)C)N1CCOCC1. The number of morpholine rings is 1. The fourth-order valence-corrected chi connectivity index (χ4v) is 4.27. The molecule has 1 aromatic heterocycles. The van der Waals surface area contributed by atoms with Crippen LogP contribution in [-0.4, -0.2) is 54.7 Å². The van der Waals surface area contributed by atoms with Crippen LogP contribution in [0, 0.1) is 12.8 Å². The van der Waals surface area contributed by atoms with Crippen molar-refractivity contribution in [3.63, 3.8) is 0 Å². The highest BCUT2D eigenvalue weighted by molar-refractivity contribution is 7.17. The van der Waals surface area contributed by atoms with Crippen molar-refractivity contribution in [3.05, 3.63) is 40.9 Å². The fourth-order valence-electron chi connectivity index (χ4n) is 3.28. The minimum Gasteiger partial charge on any atom is -0.379 e. The van der Waals surface area contributed by atoms with Crippen molar-refractivity contribution in [1.29, 1.82) is 0 Å². The van der Waals surface area contributed by atoms with Crippen LogP contribution >= 0.6 is 11.3 Å². The van der Waals surface area contributed by atoms with Crippen LogP contribution in [0.2, 0.25) is 0 Å². The zero-order valence-electron chi connectivity index (χ0n) is 15.7. The molecule has 0 saturated carbocycles. The maximum Gasteiger partial charge on any atom is 0.263 e. The Morgan fingerprint density at radius 1 is 1.27 bits per heavy atom. The first-order valence-electron chi connectivity index (χ1n) is 9.19. The molecule has 140 valence electrons. The number of aryl methyl sites for hydroxylation is 1. The molecule has 1 aliphatic rings. The second kappa shape index (κ2) is 8.75. The van der Waals surface area contributed by atoms with Gasteiger partial charge in [0.05, 0.1) is 18.9 Å². The molecule has 0 bridgehead atoms. The number of rotatable bonds is 6. The van der Waals surface area contributed by atoms with Crippen LogP contribution in [0.4, 0.5) is 0 Å². The van der Waals surface area contributed by atoms with E-state index in [0.717, 1.165) is 42.6 Å². The predicted molar refractivity (Wildman–Crippen MR) is 106 cm³/mol. The molecule has 1 amide bonds. The molecule has 1 saturated heterocycles. The Morgan fingerprint density at radius 2 is 1.96 bits per heavy atom. The van der Waals surface area contributed by atoms with Crippen molar-refractivity contribution in [2.75, 3.05) is 32.8 Å². The van der Waals surface area contributed by atoms with Gasteiger partial charge in [-0.1, -0.05) is 44.2 Å². The molecule has 1 atom stereocenters. The standard InChI is InChI=1S/C20H27N3O2S/c1-14(2)17(23-9-11-25-12-10-23)13-21-19(24)18-15(3)22-20(26-18)16-7-5-4-6-8-16/h4-8,14,17H,9-13H2,1-3H3,(H,21,24)/t17-/m0/s1. The first-order valence-corrected chi connectivity index (χ1v) is 10.0. The van der Waals surface area contributed by atoms with Crippen LogP contribution in [-0.2, 0) is 4.74 Å². The van der Waals surface area contributed by atoms with Crippen molar-refractivity contribution in [3.8, 4) is 10.6 Å². The Labute approximate surface area is 159 Å². The molecule has 2 aromatic rings. The summed E-state index contributed by atoms with van der Waals surface area (Å²) in [6.45, 7) is 10.4. The van der Waals surface area contributed by atoms with Gasteiger partial charge in [0.1, 0.15) is 9.88 Å². The van der Waals surface area contributed by atoms with Gasteiger partial charge < -0.3 is 10.1 Å². The number of carbonyl (C=O) groups excluding carboxylic acids is 1. The van der Waals surface area contributed by atoms with Crippen molar-refractivity contribution >= 4 is 17.2 Å². The van der Waals surface area contributed by atoms with E-state index < -0.39 is 0 Å². The van der Waals surface area contributed by atoms with Crippen LogP contribution in [0.25, 0.3) is 10.6 Å². The summed E-state index contributed by atoms with van der Waals surface area (Å²) in [5.41, 5.74) is 1.84. The zero-order chi connectivity index (χ0) is 18.5. The van der Waals surface area contributed by atoms with Gasteiger partial charge >= 0.3 is 0 Å². The normalized spacial score (nSPS) is 16.6. The summed E-state index contributed by atoms with van der Waals surface area (Å²) >= 11 is 1.46. The third kappa shape index (κ3) is 4.50. The lowest BCUT2D eigenvalue weighted by Gasteiger charge is -2.36. The number of nitrogens with zero attached hydrogens (tertiary/aromatic N) is 2. The second-order valence-electron chi connectivity index (χ2n) is 6.97. The molecule has 3 rings (SSSR count). The quantitative estimate of drug-likeness (QED) is 0.845. The molecule has 0 unspecified atom stereocenters. The van der Waals surface area contributed by atoms with Crippen LogP contribution < -0.4 is 5.32 Å². The molecular weight excluding hydrogens is 346 g/mol. The van der Waals surface area contributed by atoms with E-state index in [1.54, 1.807) is 0 Å². The molecule has 5 nitrogen and oxygen atoms in total. The number of amides is 1. The molecule has 0 aliphatic carbocycles. The van der Waals surface area contributed by atoms with Gasteiger partial charge in [0.25, 0.3) is 5.91 Å². The second-order valence-corrected chi connectivity index (χ2v) is 7.97. The van der Waals surface area contributed by atoms with Crippen LogP contribution in [0.3, 0.4) is 0 Å². The van der Waals surface area contributed by atoms with Crippen molar-refractivity contribution in [2.24, 2.45) is 5.92 Å². The Balaban J connectivity index is 1.66. The number of benzene rings is 1. The summed E-state index contributed by atoms with van der Waals surface area (Å²) in [4.78, 5) is 20.4. The van der Waals surface area contributed by atoms with Gasteiger partial charge in [0.15, 0.2) is 0 Å². The van der Waals surface area contributed by atoms with Crippen LogP contribution in [0.5, 0.6) is 0 Å². The molecule has 26 heavy (non-hydrogen) atoms. The molecule has 0 radical (unpaired) electrons. The van der Waals surface area contributed by atoms with E-state index in [1.165, 1.54) is 11.3 Å². The fraction of sp³-hybridized carbons (Fsp3) is 0.500. The largest absolute Gasteiger partial charge is 0.379 e. The molecular formula is C20H27N3O2S. The summed E-state index contributed by atoms with van der Waals surface area (Å²) < 4.78 is 5.45. The lowest BCUT2D eigenvalue weighted by molar-refractivity contribution is 0.00673. The van der Waals surface area contributed by atoms with Crippen LogP contribution in [0.15, 0.2) is 30.3 Å². The monoisotopic (exact) mass is 373 g/mol. The highest BCUT2D eigenvalue weighted by Gasteiger charge is 2.25. The average molecular weight is 374 g/mol. The smallest absolute Gasteiger partial charge is 0.263 e. The maximum atomic E-state index is 12.7. The zero-order valence-corrected chi connectivity index (χ0v) is 16.5. The molecule has 1 fully saturated rings. The van der Waals surface area contributed by atoms with E-state index >= 15 is 0 Å². The van der Waals surface area contributed by atoms with E-state index in [4.69, 9.17) is 4.74 Å². The number of nitrogens with one attached hydrogen (secondary N) is 1. The van der Waals surface area contributed by atoms with E-state index in [0.29, 0.717) is 23.4 Å². The van der Waals surface area contributed by atoms with E-state index in [2.05, 4.69) is 29.0 Å². The van der Waals surface area contributed by atoms with E-state index in [9.17, 15) is 4.79 Å². The van der Waals surface area contributed by atoms with Gasteiger partial charge in [-0.3, -0.25) is 9.69 Å². The molecule has 6 heteroatoms. The number of hydrogen-bond acceptors (Lipinski definition) is 5. The summed E-state index contributed by atoms with van der Waals surface area (Å²) in [7, 11) is 0. The Hall–Kier alpha value is -1.76. The maximum absolute atomic E-state index is 12.7. The number of ether oxygens (including phenoxy) is 1. The lowest BCUT2D eigenvalue weighted by Crippen LogP contribution is -2.51. The van der Waals surface area contributed by atoms with Gasteiger partial charge in [-0.2, -0.15) is 0 Å². The third-order valence-corrected chi connectivity index (χ3v) is 5.98. The van der Waals surface area contributed by atoms with Crippen LogP contribution in [0.1, 0.15) is 29.2 Å². The van der Waals surface area contributed by atoms with E-state index in [1.807, 2.05) is 37.3 Å². The number of carbonyl (C=O) groups is 1. The highest BCUT2D eigenvalue weighted by Crippen LogP contribution is 2.27. The first kappa shape index (κ1) is 19.0. The molecule has 1 aliphatic heterocycles. The van der Waals surface area contributed by atoms with Crippen molar-refractivity contribution in [1.82, 2.24) is 15.2 Å². The number of thiazole rings is 1. The number of aromatic nitrogens is 1. The van der Waals surface area contributed by atoms with Gasteiger partial charge in [-0.05, 0) is 12.8 Å². The molecule has 0 spiro atoms. The summed E-state index contributed by atoms with van der Waals surface area (Å²) in [5.74, 6) is 0.442. The minimum absolute atomic E-state index is 0.0268. The van der Waals surface area contributed by atoms with Crippen molar-refractivity contribution in [2.45, 2.75) is 26.8 Å². The molecule has 1 N–H and O–H groups in total. The Bertz CT molecular complexity index is 724. The van der Waals surface area contributed by atoms with Gasteiger partial charge in [-0.25, -0.2) is 4.98 Å². The third-order valence-electron chi connectivity index (χ3n) is 4.78. The van der Waals surface area contributed by atoms with Gasteiger partial charge in [0, 0.05) is 31.2 Å². The van der Waals surface area contributed by atoms with Gasteiger partial charge in [-0.15, -0.1) is 11.3 Å².